The minimum Gasteiger partial charge on any atom is -0.507 e. The van der Waals surface area contributed by atoms with E-state index in [0.717, 1.165) is 0 Å². The molecule has 7 N–H and O–H groups in total. The summed E-state index contributed by atoms with van der Waals surface area (Å²) >= 11 is 0. The number of hydrogen-bond acceptors (Lipinski definition) is 13. The number of carbonyl (C=O) groups excluding carboxylic acids is 3. The summed E-state index contributed by atoms with van der Waals surface area (Å²) in [5.74, 6) is -6.02. The van der Waals surface area contributed by atoms with E-state index in [4.69, 9.17) is 24.7 Å². The lowest BCUT2D eigenvalue weighted by molar-refractivity contribution is -0.344. The molecule has 1 aliphatic heterocycles. The highest BCUT2D eigenvalue weighted by molar-refractivity contribution is 6.31. The number of aliphatic hydroxyl groups excluding tert-OH is 1. The van der Waals surface area contributed by atoms with Gasteiger partial charge in [-0.2, -0.15) is 0 Å². The fourth-order valence-corrected chi connectivity index (χ4v) is 6.28. The van der Waals surface area contributed by atoms with Crippen molar-refractivity contribution in [2.24, 2.45) is 5.73 Å². The number of ether oxygens (including phenoxy) is 4. The van der Waals surface area contributed by atoms with Crippen LogP contribution in [-0.2, 0) is 30.2 Å². The van der Waals surface area contributed by atoms with E-state index < -0.39 is 101 Å². The van der Waals surface area contributed by atoms with Crippen LogP contribution in [0.15, 0.2) is 18.2 Å². The average molecular weight is 574 g/mol. The van der Waals surface area contributed by atoms with E-state index >= 15 is 0 Å². The first-order chi connectivity index (χ1) is 19.3. The van der Waals surface area contributed by atoms with Crippen LogP contribution in [0.5, 0.6) is 17.2 Å². The lowest BCUT2D eigenvalue weighted by atomic mass is 9.72. The topological polar surface area (TPSA) is 215 Å². The fourth-order valence-electron chi connectivity index (χ4n) is 6.28. The summed E-state index contributed by atoms with van der Waals surface area (Å²) in [6.07, 6.45) is -4.34. The number of methoxy groups -OCH3 is 2. The monoisotopic (exact) mass is 573 g/mol. The molecular weight excluding hydrogens is 542 g/mol. The average Bonchev–Trinajstić information content (AvgIpc) is 2.93. The Morgan fingerprint density at radius 2 is 1.73 bits per heavy atom. The molecule has 5 rings (SSSR count). The number of carbonyl (C=O) groups is 3. The molecule has 0 amide bonds. The van der Waals surface area contributed by atoms with Crippen LogP contribution in [0.1, 0.15) is 68.8 Å². The highest BCUT2D eigenvalue weighted by Gasteiger charge is 2.53. The van der Waals surface area contributed by atoms with E-state index in [1.807, 2.05) is 0 Å². The molecule has 0 aromatic heterocycles. The number of phenolic OH excluding ortho intramolecular Hbond substituents is 3. The Labute approximate surface area is 234 Å². The van der Waals surface area contributed by atoms with Gasteiger partial charge in [0, 0.05) is 50.2 Å². The zero-order valence-electron chi connectivity index (χ0n) is 22.5. The molecule has 220 valence electrons. The van der Waals surface area contributed by atoms with Gasteiger partial charge in [-0.3, -0.25) is 14.4 Å². The van der Waals surface area contributed by atoms with Gasteiger partial charge >= 0.3 is 0 Å². The third-order valence-corrected chi connectivity index (χ3v) is 8.37. The summed E-state index contributed by atoms with van der Waals surface area (Å²) in [5.41, 5.74) is 2.06. The third-order valence-electron chi connectivity index (χ3n) is 8.37. The van der Waals surface area contributed by atoms with Crippen LogP contribution in [0.3, 0.4) is 0 Å². The Balaban J connectivity index is 1.65. The number of nitrogens with two attached hydrogens (primary N) is 1. The third kappa shape index (κ3) is 4.15. The molecule has 13 heteroatoms. The van der Waals surface area contributed by atoms with Crippen molar-refractivity contribution in [2.45, 2.75) is 62.1 Å². The van der Waals surface area contributed by atoms with Crippen molar-refractivity contribution in [2.75, 3.05) is 20.8 Å². The summed E-state index contributed by atoms with van der Waals surface area (Å²) in [7, 11) is 2.81. The van der Waals surface area contributed by atoms with Gasteiger partial charge in [0.2, 0.25) is 11.6 Å². The van der Waals surface area contributed by atoms with Crippen LogP contribution in [0, 0.1) is 0 Å². The Morgan fingerprint density at radius 1 is 1.07 bits per heavy atom. The second-order valence-electron chi connectivity index (χ2n) is 10.5. The van der Waals surface area contributed by atoms with Crippen LogP contribution in [0.4, 0.5) is 0 Å². The normalized spacial score (nSPS) is 28.5. The van der Waals surface area contributed by atoms with E-state index in [1.54, 1.807) is 6.92 Å². The zero-order valence-corrected chi connectivity index (χ0v) is 22.5. The highest BCUT2D eigenvalue weighted by atomic mass is 16.7. The molecule has 2 aromatic rings. The Morgan fingerprint density at radius 3 is 2.34 bits per heavy atom. The van der Waals surface area contributed by atoms with E-state index in [1.165, 1.54) is 32.4 Å². The Bertz CT molecular complexity index is 1440. The number of fused-ring (bicyclic) bond motifs is 3. The molecule has 0 bridgehead atoms. The summed E-state index contributed by atoms with van der Waals surface area (Å²) in [6.45, 7) is 0.600. The van der Waals surface area contributed by atoms with Gasteiger partial charge in [-0.15, -0.1) is 0 Å². The minimum absolute atomic E-state index is 0.000573. The van der Waals surface area contributed by atoms with Crippen LogP contribution >= 0.6 is 0 Å². The second kappa shape index (κ2) is 10.1. The molecule has 0 radical (unpaired) electrons. The van der Waals surface area contributed by atoms with Gasteiger partial charge in [-0.25, -0.2) is 0 Å². The number of hydrogen-bond donors (Lipinski definition) is 6. The van der Waals surface area contributed by atoms with Gasteiger partial charge < -0.3 is 50.2 Å². The predicted octanol–water partition coefficient (Wildman–Crippen LogP) is 0.327. The summed E-state index contributed by atoms with van der Waals surface area (Å²) in [5, 5.41) is 54.0. The van der Waals surface area contributed by atoms with Crippen molar-refractivity contribution in [3.8, 4) is 17.2 Å². The van der Waals surface area contributed by atoms with Gasteiger partial charge in [0.15, 0.2) is 17.9 Å². The van der Waals surface area contributed by atoms with Crippen molar-refractivity contribution in [3.63, 3.8) is 0 Å². The summed E-state index contributed by atoms with van der Waals surface area (Å²) in [6, 6.07) is 3.08. The van der Waals surface area contributed by atoms with Crippen LogP contribution < -0.4 is 5.73 Å². The number of benzene rings is 2. The minimum atomic E-state index is -2.27. The van der Waals surface area contributed by atoms with Crippen molar-refractivity contribution in [1.29, 1.82) is 0 Å². The van der Waals surface area contributed by atoms with Crippen molar-refractivity contribution in [1.82, 2.24) is 0 Å². The van der Waals surface area contributed by atoms with Crippen molar-refractivity contribution in [3.05, 3.63) is 51.6 Å². The molecule has 1 unspecified atom stereocenters. The molecule has 1 saturated heterocycles. The van der Waals surface area contributed by atoms with Gasteiger partial charge in [0.05, 0.1) is 28.8 Å². The molecule has 5 atom stereocenters. The lowest BCUT2D eigenvalue weighted by Gasteiger charge is -2.47. The summed E-state index contributed by atoms with van der Waals surface area (Å²) in [4.78, 5) is 39.6. The second-order valence-corrected chi connectivity index (χ2v) is 10.5. The van der Waals surface area contributed by atoms with Gasteiger partial charge in [-0.1, -0.05) is 12.1 Å². The van der Waals surface area contributed by atoms with E-state index in [2.05, 4.69) is 0 Å². The van der Waals surface area contributed by atoms with Crippen molar-refractivity contribution < 1.29 is 58.9 Å². The largest absolute Gasteiger partial charge is 0.507 e. The molecule has 1 heterocycles. The maximum atomic E-state index is 13.5. The SMILES string of the molecule is COC1(OC)C(N)C[C@H](O[C@H]2C[C@](O)(C(=O)CO)Cc3c(O)c4c(c(O)c32)C(=O)c2c(O)cccc2C4=O)O[C@H]1C. The molecule has 0 spiro atoms. The first-order valence-electron chi connectivity index (χ1n) is 12.9. The number of phenols is 3. The van der Waals surface area contributed by atoms with Gasteiger partial charge in [-0.05, 0) is 13.0 Å². The van der Waals surface area contributed by atoms with Crippen LogP contribution in [0.2, 0.25) is 0 Å². The number of aliphatic hydroxyl groups is 2. The van der Waals surface area contributed by atoms with E-state index in [-0.39, 0.29) is 28.7 Å². The summed E-state index contributed by atoms with van der Waals surface area (Å²) < 4.78 is 23.0. The van der Waals surface area contributed by atoms with Crippen LogP contribution in [0.25, 0.3) is 0 Å². The molecule has 13 nitrogen and oxygen atoms in total. The number of ketones is 3. The predicted molar refractivity (Wildman–Crippen MR) is 138 cm³/mol. The number of rotatable bonds is 6. The zero-order chi connectivity index (χ0) is 30.0. The first kappa shape index (κ1) is 29.1. The maximum absolute atomic E-state index is 13.5. The molecular formula is C28H31NO12. The molecule has 3 aliphatic rings. The molecule has 0 saturated carbocycles. The highest BCUT2D eigenvalue weighted by Crippen LogP contribution is 2.52. The number of Topliss-reactive ketones (excluding diaryl/α,β-unsaturated/α-hetero) is 1. The van der Waals surface area contributed by atoms with Gasteiger partial charge in [0.1, 0.15) is 35.6 Å². The molecule has 2 aliphatic carbocycles. The Hall–Kier alpha value is -3.43. The molecule has 41 heavy (non-hydrogen) atoms. The van der Waals surface area contributed by atoms with E-state index in [9.17, 15) is 39.9 Å². The quantitative estimate of drug-likeness (QED) is 0.173. The van der Waals surface area contributed by atoms with E-state index in [0.29, 0.717) is 0 Å². The molecule has 1 fully saturated rings. The molecule has 2 aromatic carbocycles. The lowest BCUT2D eigenvalue weighted by Crippen LogP contribution is -2.64. The smallest absolute Gasteiger partial charge is 0.209 e. The maximum Gasteiger partial charge on any atom is 0.209 e. The van der Waals surface area contributed by atoms with Crippen molar-refractivity contribution >= 4 is 17.3 Å². The fraction of sp³-hybridized carbons (Fsp3) is 0.464. The Kier molecular flexibility index (Phi) is 7.19. The number of aromatic hydroxyl groups is 3. The van der Waals surface area contributed by atoms with Crippen LogP contribution in [-0.4, -0.2) is 93.5 Å². The standard InChI is InChI=1S/C28H31NO12/c1-11-28(38-2,39-3)16(29)7-18(40-11)41-15-9-27(37,17(32)10-30)8-13-20(15)26(36)22-21(24(13)34)23(33)12-5-4-6-14(31)19(12)25(22)35/h4-6,11,15-16,18,30-31,34,36-37H,7-10,29H2,1-3H3/t11-,15-,16?,18-,27-/m0/s1. The van der Waals surface area contributed by atoms with Gasteiger partial charge in [0.25, 0.3) is 0 Å². The first-order valence-corrected chi connectivity index (χ1v) is 12.9.